The molecule has 0 saturated heterocycles. The lowest BCUT2D eigenvalue weighted by molar-refractivity contribution is 0.0946. The predicted molar refractivity (Wildman–Crippen MR) is 113 cm³/mol. The third-order valence-electron chi connectivity index (χ3n) is 5.68. The Bertz CT molecular complexity index is 1000. The lowest BCUT2D eigenvalue weighted by Crippen LogP contribution is -2.23. The lowest BCUT2D eigenvalue weighted by atomic mass is 9.89. The van der Waals surface area contributed by atoms with Gasteiger partial charge in [0.05, 0.1) is 7.11 Å². The highest BCUT2D eigenvalue weighted by Crippen LogP contribution is 2.33. The fraction of sp³-hybridized carbons (Fsp3) is 0.333. The Balaban J connectivity index is 1.47. The van der Waals surface area contributed by atoms with Crippen molar-refractivity contribution in [3.8, 4) is 5.75 Å². The summed E-state index contributed by atoms with van der Waals surface area (Å²) in [6, 6.07) is 14.4. The molecule has 5 heteroatoms. The molecular weight excluding hydrogens is 362 g/mol. The number of carbonyl (C=O) groups excluding carboxylic acids is 1. The van der Waals surface area contributed by atoms with E-state index in [2.05, 4.69) is 40.8 Å². The zero-order valence-electron chi connectivity index (χ0n) is 17.2. The van der Waals surface area contributed by atoms with Gasteiger partial charge in [-0.05, 0) is 42.5 Å². The minimum absolute atomic E-state index is 0.122. The number of nitrogens with one attached hydrogen (secondary N) is 1. The smallest absolute Gasteiger partial charge is 0.271 e. The number of rotatable bonds is 5. The van der Waals surface area contributed by atoms with Gasteiger partial charge in [0, 0.05) is 31.6 Å². The number of imidazole rings is 1. The van der Waals surface area contributed by atoms with Crippen LogP contribution >= 0.6 is 0 Å². The molecule has 150 valence electrons. The number of nitrogens with zero attached hydrogens (tertiary/aromatic N) is 2. The summed E-state index contributed by atoms with van der Waals surface area (Å²) in [7, 11) is 1.72. The molecular formula is C24H27N3O2. The molecule has 0 bridgehead atoms. The monoisotopic (exact) mass is 389 g/mol. The van der Waals surface area contributed by atoms with Crippen molar-refractivity contribution in [1.29, 1.82) is 0 Å². The van der Waals surface area contributed by atoms with Crippen LogP contribution in [0, 0.1) is 13.8 Å². The molecule has 1 aliphatic rings. The van der Waals surface area contributed by atoms with Crippen LogP contribution in [0.4, 0.5) is 0 Å². The maximum atomic E-state index is 12.5. The minimum Gasteiger partial charge on any atom is -0.496 e. The molecule has 1 N–H and O–H groups in total. The first kappa shape index (κ1) is 19.2. The number of carbonyl (C=O) groups is 1. The van der Waals surface area contributed by atoms with E-state index in [1.807, 2.05) is 36.5 Å². The van der Waals surface area contributed by atoms with Crippen LogP contribution in [0.1, 0.15) is 50.9 Å². The van der Waals surface area contributed by atoms with Crippen LogP contribution in [0.25, 0.3) is 0 Å². The van der Waals surface area contributed by atoms with Crippen molar-refractivity contribution < 1.29 is 9.53 Å². The van der Waals surface area contributed by atoms with Crippen LogP contribution in [-0.2, 0) is 19.5 Å². The van der Waals surface area contributed by atoms with Crippen LogP contribution in [0.5, 0.6) is 5.75 Å². The largest absolute Gasteiger partial charge is 0.496 e. The second kappa shape index (κ2) is 8.11. The minimum atomic E-state index is -0.122. The van der Waals surface area contributed by atoms with E-state index in [0.717, 1.165) is 36.5 Å². The molecule has 0 saturated carbocycles. The summed E-state index contributed by atoms with van der Waals surface area (Å²) in [5.74, 6) is 2.25. The van der Waals surface area contributed by atoms with Gasteiger partial charge in [0.25, 0.3) is 5.91 Å². The second-order valence-electron chi connectivity index (χ2n) is 7.79. The van der Waals surface area contributed by atoms with E-state index in [9.17, 15) is 4.79 Å². The van der Waals surface area contributed by atoms with E-state index in [1.54, 1.807) is 7.11 Å². The number of hydrogen-bond acceptors (Lipinski definition) is 3. The van der Waals surface area contributed by atoms with E-state index in [4.69, 9.17) is 4.74 Å². The Labute approximate surface area is 171 Å². The van der Waals surface area contributed by atoms with Crippen molar-refractivity contribution in [2.45, 2.75) is 45.7 Å². The SMILES string of the molecule is COc1c(C)cc(C2CCc3nc(C(=O)NCc4ccccc4)cn3C2)cc1C. The quantitative estimate of drug-likeness (QED) is 0.713. The molecule has 1 aliphatic heterocycles. The van der Waals surface area contributed by atoms with Gasteiger partial charge in [0.2, 0.25) is 0 Å². The first-order valence-electron chi connectivity index (χ1n) is 10.1. The molecule has 1 atom stereocenters. The second-order valence-corrected chi connectivity index (χ2v) is 7.79. The number of aromatic nitrogens is 2. The Kier molecular flexibility index (Phi) is 5.38. The Morgan fingerprint density at radius 1 is 1.21 bits per heavy atom. The van der Waals surface area contributed by atoms with Gasteiger partial charge >= 0.3 is 0 Å². The average molecular weight is 389 g/mol. The first-order chi connectivity index (χ1) is 14.0. The number of hydrogen-bond donors (Lipinski definition) is 1. The Morgan fingerprint density at radius 3 is 2.62 bits per heavy atom. The summed E-state index contributed by atoms with van der Waals surface area (Å²) in [6.07, 6.45) is 3.80. The van der Waals surface area contributed by atoms with Gasteiger partial charge in [-0.1, -0.05) is 42.5 Å². The number of fused-ring (bicyclic) bond motifs is 1. The van der Waals surface area contributed by atoms with Gasteiger partial charge < -0.3 is 14.6 Å². The van der Waals surface area contributed by atoms with Gasteiger partial charge in [-0.2, -0.15) is 0 Å². The van der Waals surface area contributed by atoms with Crippen LogP contribution in [-0.4, -0.2) is 22.6 Å². The van der Waals surface area contributed by atoms with Gasteiger partial charge in [0.1, 0.15) is 17.3 Å². The van der Waals surface area contributed by atoms with E-state index < -0.39 is 0 Å². The first-order valence-corrected chi connectivity index (χ1v) is 10.1. The molecule has 3 aromatic rings. The molecule has 4 rings (SSSR count). The fourth-order valence-corrected chi connectivity index (χ4v) is 4.24. The highest BCUT2D eigenvalue weighted by atomic mass is 16.5. The van der Waals surface area contributed by atoms with Gasteiger partial charge in [0.15, 0.2) is 0 Å². The van der Waals surface area contributed by atoms with Crippen molar-refractivity contribution in [1.82, 2.24) is 14.9 Å². The fourth-order valence-electron chi connectivity index (χ4n) is 4.24. The van der Waals surface area contributed by atoms with Crippen molar-refractivity contribution >= 4 is 5.91 Å². The van der Waals surface area contributed by atoms with Crippen LogP contribution in [0.2, 0.25) is 0 Å². The molecule has 0 spiro atoms. The van der Waals surface area contributed by atoms with Crippen LogP contribution in [0.15, 0.2) is 48.7 Å². The normalized spacial score (nSPS) is 15.6. The number of amides is 1. The molecule has 1 aromatic heterocycles. The van der Waals surface area contributed by atoms with Crippen molar-refractivity contribution in [3.63, 3.8) is 0 Å². The van der Waals surface area contributed by atoms with Crippen molar-refractivity contribution in [2.75, 3.05) is 7.11 Å². The third kappa shape index (κ3) is 4.04. The molecule has 2 aromatic carbocycles. The summed E-state index contributed by atoms with van der Waals surface area (Å²) < 4.78 is 7.64. The molecule has 2 heterocycles. The summed E-state index contributed by atoms with van der Waals surface area (Å²) in [5.41, 5.74) is 5.24. The van der Waals surface area contributed by atoms with Gasteiger partial charge in [-0.3, -0.25) is 4.79 Å². The Morgan fingerprint density at radius 2 is 1.93 bits per heavy atom. The molecule has 0 aliphatic carbocycles. The van der Waals surface area contributed by atoms with E-state index in [-0.39, 0.29) is 5.91 Å². The van der Waals surface area contributed by atoms with Crippen molar-refractivity contribution in [2.24, 2.45) is 0 Å². The summed E-state index contributed by atoms with van der Waals surface area (Å²) >= 11 is 0. The summed E-state index contributed by atoms with van der Waals surface area (Å²) in [6.45, 7) is 5.54. The molecule has 0 radical (unpaired) electrons. The third-order valence-corrected chi connectivity index (χ3v) is 5.68. The van der Waals surface area contributed by atoms with Gasteiger partial charge in [-0.25, -0.2) is 4.98 Å². The highest BCUT2D eigenvalue weighted by Gasteiger charge is 2.24. The van der Waals surface area contributed by atoms with Gasteiger partial charge in [-0.15, -0.1) is 0 Å². The highest BCUT2D eigenvalue weighted by molar-refractivity contribution is 5.92. The topological polar surface area (TPSA) is 56.1 Å². The zero-order chi connectivity index (χ0) is 20.4. The maximum Gasteiger partial charge on any atom is 0.271 e. The Hall–Kier alpha value is -3.08. The average Bonchev–Trinajstić information content (AvgIpc) is 3.16. The molecule has 0 fully saturated rings. The number of aryl methyl sites for hydroxylation is 3. The number of ether oxygens (including phenoxy) is 1. The molecule has 1 amide bonds. The van der Waals surface area contributed by atoms with Crippen molar-refractivity contribution in [3.05, 3.63) is 82.4 Å². The molecule has 1 unspecified atom stereocenters. The van der Waals surface area contributed by atoms with E-state index in [0.29, 0.717) is 18.2 Å². The standard InChI is InChI=1S/C24H27N3O2/c1-16-11-20(12-17(2)23(16)29-3)19-9-10-22-26-21(15-27(22)14-19)24(28)25-13-18-7-5-4-6-8-18/h4-8,11-12,15,19H,9-10,13-14H2,1-3H3,(H,25,28). The summed E-state index contributed by atoms with van der Waals surface area (Å²) in [5, 5.41) is 2.97. The summed E-state index contributed by atoms with van der Waals surface area (Å²) in [4.78, 5) is 17.1. The van der Waals surface area contributed by atoms with E-state index >= 15 is 0 Å². The molecule has 29 heavy (non-hydrogen) atoms. The number of methoxy groups -OCH3 is 1. The number of benzene rings is 2. The van der Waals surface area contributed by atoms with Crippen LogP contribution < -0.4 is 10.1 Å². The van der Waals surface area contributed by atoms with E-state index in [1.165, 1.54) is 16.7 Å². The predicted octanol–water partition coefficient (Wildman–Crippen LogP) is 4.17. The lowest BCUT2D eigenvalue weighted by Gasteiger charge is -2.25. The maximum absolute atomic E-state index is 12.5. The molecule has 5 nitrogen and oxygen atoms in total. The van der Waals surface area contributed by atoms with Crippen LogP contribution in [0.3, 0.4) is 0 Å². The zero-order valence-corrected chi connectivity index (χ0v) is 17.2.